The molecule has 0 rings (SSSR count). The number of hydrogen-bond donors (Lipinski definition) is 4. The molecule has 0 aliphatic heterocycles. The lowest BCUT2D eigenvalue weighted by molar-refractivity contribution is 0.447. The predicted octanol–water partition coefficient (Wildman–Crippen LogP) is -2.99. The Hall–Kier alpha value is -0.0301. The summed E-state index contributed by atoms with van der Waals surface area (Å²) in [5.74, 6) is 0. The second kappa shape index (κ2) is 20.2. The summed E-state index contributed by atoms with van der Waals surface area (Å²) in [6.45, 7) is 0. The van der Waals surface area contributed by atoms with E-state index in [4.69, 9.17) is 20.1 Å². The van der Waals surface area contributed by atoms with Crippen LogP contribution in [0.2, 0.25) is 0 Å². The van der Waals surface area contributed by atoms with Crippen molar-refractivity contribution >= 4 is 15.4 Å². The van der Waals surface area contributed by atoms with Crippen LogP contribution in [0, 0.1) is 0 Å². The van der Waals surface area contributed by atoms with Crippen LogP contribution in [-0.2, 0) is 0 Å². The molecule has 0 saturated carbocycles. The molecule has 0 aromatic heterocycles. The van der Waals surface area contributed by atoms with Gasteiger partial charge in [0.15, 0.2) is 0 Å². The van der Waals surface area contributed by atoms with Crippen LogP contribution in [0.25, 0.3) is 0 Å². The lowest BCUT2D eigenvalue weighted by Gasteiger charge is -1.46. The van der Waals surface area contributed by atoms with Gasteiger partial charge in [-0.15, -0.1) is 0 Å². The van der Waals surface area contributed by atoms with Gasteiger partial charge in [-0.3, -0.25) is 0 Å². The van der Waals surface area contributed by atoms with E-state index in [2.05, 4.69) is 0 Å². The maximum absolute atomic E-state index is 7.00. The summed E-state index contributed by atoms with van der Waals surface area (Å²) in [5.41, 5.74) is 0. The summed E-state index contributed by atoms with van der Waals surface area (Å²) in [5, 5.41) is 28.0. The predicted molar refractivity (Wildman–Crippen MR) is 20.4 cm³/mol. The molecule has 0 atom stereocenters. The van der Waals surface area contributed by atoms with E-state index in [1.54, 1.807) is 0 Å². The van der Waals surface area contributed by atoms with Crippen LogP contribution in [0.1, 0.15) is 0 Å². The minimum atomic E-state index is 0. The van der Waals surface area contributed by atoms with Crippen molar-refractivity contribution in [1.82, 2.24) is 0 Å². The monoisotopic (exact) mass is 90.0 g/mol. The number of rotatable bonds is 0. The summed E-state index contributed by atoms with van der Waals surface area (Å²) >= 11 is 0. The maximum atomic E-state index is 7.00. The van der Waals surface area contributed by atoms with Crippen molar-refractivity contribution in [3.8, 4) is 0 Å². The Morgan fingerprint density at radius 3 is 0.667 bits per heavy atom. The third kappa shape index (κ3) is 38600. The molecule has 2 radical (unpaired) electrons. The smallest absolute Gasteiger partial charge is 0.429 e. The first-order valence-electron chi connectivity index (χ1n) is 1.03. The fourth-order valence-corrected chi connectivity index (χ4v) is 0. The molecule has 0 aliphatic rings. The Kier molecular flexibility index (Phi) is 31.5. The molecule has 0 fully saturated rings. The Morgan fingerprint density at radius 2 is 0.667 bits per heavy atom. The molecule has 6 heteroatoms. The van der Waals surface area contributed by atoms with E-state index in [1.807, 2.05) is 0 Å². The summed E-state index contributed by atoms with van der Waals surface area (Å²) in [4.78, 5) is 0. The van der Waals surface area contributed by atoms with Crippen LogP contribution in [0.4, 0.5) is 0 Å². The molecule has 0 bridgehead atoms. The van der Waals surface area contributed by atoms with Gasteiger partial charge in [0.2, 0.25) is 0 Å². The second-order valence-corrected chi connectivity index (χ2v) is 0.231. The number of hydrogen-bond acceptors (Lipinski definition) is 4. The molecule has 34 valence electrons. The van der Waals surface area contributed by atoms with Gasteiger partial charge >= 0.3 is 15.4 Å². The van der Waals surface area contributed by atoms with Crippen molar-refractivity contribution in [2.45, 2.75) is 0 Å². The van der Waals surface area contributed by atoms with Crippen LogP contribution >= 0.6 is 0 Å². The third-order valence-electron chi connectivity index (χ3n) is 0. The molecule has 0 aromatic rings. The summed E-state index contributed by atoms with van der Waals surface area (Å²) in [6, 6.07) is 0. The average molecular weight is 89.7 g/mol. The zero-order valence-corrected chi connectivity index (χ0v) is 2.94. The van der Waals surface area contributed by atoms with Crippen LogP contribution in [-0.4, -0.2) is 35.5 Å². The highest BCUT2D eigenvalue weighted by molar-refractivity contribution is 6.13. The maximum Gasteiger partial charge on any atom is 0.482 e. The van der Waals surface area contributed by atoms with Gasteiger partial charge in [-0.1, -0.05) is 0 Å². The Bertz CT molecular complexity index is 7.51. The summed E-state index contributed by atoms with van der Waals surface area (Å²) < 4.78 is 0. The van der Waals surface area contributed by atoms with Gasteiger partial charge in [0, 0.05) is 0 Å². The minimum Gasteiger partial charge on any atom is -0.429 e. The fourth-order valence-electron chi connectivity index (χ4n) is 0. The first-order chi connectivity index (χ1) is 2.83. The van der Waals surface area contributed by atoms with E-state index in [-0.39, 0.29) is 15.4 Å². The van der Waals surface area contributed by atoms with Gasteiger partial charge in [0.05, 0.1) is 0 Å². The van der Waals surface area contributed by atoms with Crippen LogP contribution in [0.15, 0.2) is 0 Å². The molecule has 0 spiro atoms. The SMILES string of the molecule is O[B]O.O[B]O. The van der Waals surface area contributed by atoms with Crippen LogP contribution in [0.3, 0.4) is 0 Å². The lowest BCUT2D eigenvalue weighted by Crippen LogP contribution is -1.75. The van der Waals surface area contributed by atoms with Crippen molar-refractivity contribution < 1.29 is 20.1 Å². The topological polar surface area (TPSA) is 80.9 Å². The average Bonchev–Trinajstić information content (AvgIpc) is 1.39. The zero-order chi connectivity index (χ0) is 5.41. The molecular weight excluding hydrogens is 85.6 g/mol. The highest BCUT2D eigenvalue weighted by Crippen LogP contribution is 1.08. The molecule has 0 heterocycles. The second-order valence-electron chi connectivity index (χ2n) is 0.231. The molecule has 0 aliphatic carbocycles. The summed E-state index contributed by atoms with van der Waals surface area (Å²) in [7, 11) is 0. The van der Waals surface area contributed by atoms with Crippen molar-refractivity contribution in [2.24, 2.45) is 0 Å². The van der Waals surface area contributed by atoms with Crippen molar-refractivity contribution in [2.75, 3.05) is 0 Å². The van der Waals surface area contributed by atoms with E-state index < -0.39 is 0 Å². The van der Waals surface area contributed by atoms with Gasteiger partial charge < -0.3 is 20.1 Å². The quantitative estimate of drug-likeness (QED) is 0.239. The van der Waals surface area contributed by atoms with E-state index in [9.17, 15) is 0 Å². The Morgan fingerprint density at radius 1 is 0.667 bits per heavy atom. The normalized spacial score (nSPS) is 4.67. The zero-order valence-electron chi connectivity index (χ0n) is 2.94. The van der Waals surface area contributed by atoms with Gasteiger partial charge in [-0.2, -0.15) is 0 Å². The Balaban J connectivity index is 0. The molecule has 0 amide bonds. The molecule has 4 nitrogen and oxygen atoms in total. The van der Waals surface area contributed by atoms with Gasteiger partial charge in [0.25, 0.3) is 0 Å². The molecular formula is H4B2O4. The van der Waals surface area contributed by atoms with Crippen molar-refractivity contribution in [3.63, 3.8) is 0 Å². The standard InChI is InChI=1S/2BH2O2/c2*2-1-3/h2*2-3H. The van der Waals surface area contributed by atoms with E-state index in [0.717, 1.165) is 0 Å². The first kappa shape index (κ1) is 9.36. The Labute approximate surface area is 36.7 Å². The third-order valence-corrected chi connectivity index (χ3v) is 0. The van der Waals surface area contributed by atoms with Crippen molar-refractivity contribution in [3.05, 3.63) is 0 Å². The van der Waals surface area contributed by atoms with Gasteiger partial charge in [-0.05, 0) is 0 Å². The lowest BCUT2D eigenvalue weighted by atomic mass is 10.5. The highest BCUT2D eigenvalue weighted by Gasteiger charge is 1.52. The van der Waals surface area contributed by atoms with Gasteiger partial charge in [-0.25, -0.2) is 0 Å². The molecule has 4 N–H and O–H groups in total. The first-order valence-corrected chi connectivity index (χ1v) is 1.03. The van der Waals surface area contributed by atoms with E-state index in [0.29, 0.717) is 0 Å². The van der Waals surface area contributed by atoms with Gasteiger partial charge in [0.1, 0.15) is 0 Å². The largest absolute Gasteiger partial charge is 0.482 e. The fraction of sp³-hybridized carbons (Fsp3) is 0. The van der Waals surface area contributed by atoms with Crippen molar-refractivity contribution in [1.29, 1.82) is 0 Å². The minimum absolute atomic E-state index is 0. The molecule has 0 unspecified atom stereocenters. The van der Waals surface area contributed by atoms with E-state index in [1.165, 1.54) is 0 Å². The summed E-state index contributed by atoms with van der Waals surface area (Å²) in [6.07, 6.45) is 0. The highest BCUT2D eigenvalue weighted by atomic mass is 16.4. The van der Waals surface area contributed by atoms with E-state index >= 15 is 0 Å². The van der Waals surface area contributed by atoms with Crippen LogP contribution < -0.4 is 0 Å². The molecule has 0 aromatic carbocycles. The molecule has 0 saturated heterocycles. The molecule has 6 heavy (non-hydrogen) atoms. The van der Waals surface area contributed by atoms with Crippen LogP contribution in [0.5, 0.6) is 0 Å².